The lowest BCUT2D eigenvalue weighted by molar-refractivity contribution is 0.795. The van der Waals surface area contributed by atoms with E-state index >= 15 is 0 Å². The van der Waals surface area contributed by atoms with Gasteiger partial charge in [-0.25, -0.2) is 0 Å². The van der Waals surface area contributed by atoms with Gasteiger partial charge in [-0.2, -0.15) is 0 Å². The van der Waals surface area contributed by atoms with Crippen LogP contribution in [0.5, 0.6) is 0 Å². The molecule has 1 heterocycles. The van der Waals surface area contributed by atoms with Gasteiger partial charge < -0.3 is 10.3 Å². The van der Waals surface area contributed by atoms with Crippen molar-refractivity contribution < 1.29 is 4.15 Å². The minimum atomic E-state index is -1.65. The summed E-state index contributed by atoms with van der Waals surface area (Å²) in [6.45, 7) is -1.65. The molecule has 2 nitrogen and oxygen atoms in total. The molecule has 0 atom stereocenters. The van der Waals surface area contributed by atoms with Crippen molar-refractivity contribution in [1.29, 1.82) is 0 Å². The van der Waals surface area contributed by atoms with Crippen molar-refractivity contribution in [3.8, 4) is 0 Å². The molecule has 0 fully saturated rings. The molecule has 0 bridgehead atoms. The summed E-state index contributed by atoms with van der Waals surface area (Å²) in [6.07, 6.45) is 2.02. The minimum absolute atomic E-state index is 0.205. The Morgan fingerprint density at radius 3 is 3.23 bits per heavy atom. The molecular weight excluding hydrogens is 160 g/mol. The van der Waals surface area contributed by atoms with Gasteiger partial charge in [0.05, 0.1) is 0 Å². The zero-order valence-corrected chi connectivity index (χ0v) is 7.54. The maximum absolute atomic E-state index is 7.72. The van der Waals surface area contributed by atoms with Crippen molar-refractivity contribution in [2.24, 2.45) is 0 Å². The highest BCUT2D eigenvalue weighted by atomic mass is 14.8. The van der Waals surface area contributed by atoms with Gasteiger partial charge in [0.25, 0.3) is 0 Å². The van der Waals surface area contributed by atoms with Crippen molar-refractivity contribution in [1.82, 2.24) is 10.3 Å². The lowest BCUT2D eigenvalue weighted by Crippen LogP contribution is -2.09. The Labute approximate surface area is 82.2 Å². The first-order chi connectivity index (χ1) is 7.50. The van der Waals surface area contributed by atoms with Gasteiger partial charge in [-0.1, -0.05) is 18.2 Å². The molecule has 2 aromatic rings. The third-order valence-electron chi connectivity index (χ3n) is 2.10. The van der Waals surface area contributed by atoms with Crippen molar-refractivity contribution >= 4 is 10.9 Å². The molecule has 0 spiro atoms. The highest BCUT2D eigenvalue weighted by Gasteiger charge is 2.00. The molecule has 0 aliphatic rings. The molecule has 0 saturated heterocycles. The third kappa shape index (κ3) is 1.58. The number of nitrogens with one attached hydrogen (secondary N) is 2. The molecular formula is C11H14N2. The van der Waals surface area contributed by atoms with Crippen molar-refractivity contribution in [2.75, 3.05) is 13.5 Å². The number of aryl methyl sites for hydroxylation is 1. The molecule has 0 saturated carbocycles. The summed E-state index contributed by atoms with van der Waals surface area (Å²) >= 11 is 0. The monoisotopic (exact) mass is 177 g/mol. The normalized spacial score (nSPS) is 15.7. The van der Waals surface area contributed by atoms with Crippen LogP contribution >= 0.6 is 0 Å². The Hall–Kier alpha value is -1.28. The van der Waals surface area contributed by atoms with Crippen LogP contribution in [0.1, 0.15) is 8.30 Å². The van der Waals surface area contributed by atoms with Crippen LogP contribution in [0.25, 0.3) is 10.9 Å². The van der Waals surface area contributed by atoms with Gasteiger partial charge in [0.1, 0.15) is 1.41 Å². The molecule has 2 N–H and O–H groups in total. The van der Waals surface area contributed by atoms with Crippen molar-refractivity contribution in [2.45, 2.75) is 6.42 Å². The first-order valence-electron chi connectivity index (χ1n) is 5.73. The Morgan fingerprint density at radius 2 is 2.38 bits per heavy atom. The van der Waals surface area contributed by atoms with E-state index in [1.165, 1.54) is 7.05 Å². The van der Waals surface area contributed by atoms with Crippen LogP contribution in [-0.2, 0) is 6.42 Å². The summed E-state index contributed by atoms with van der Waals surface area (Å²) < 4.78 is 22.8. The highest BCUT2D eigenvalue weighted by molar-refractivity contribution is 5.82. The molecule has 0 unspecified atom stereocenters. The van der Waals surface area contributed by atoms with E-state index in [0.29, 0.717) is 0 Å². The van der Waals surface area contributed by atoms with Gasteiger partial charge >= 0.3 is 0 Å². The summed E-state index contributed by atoms with van der Waals surface area (Å²) in [4.78, 5) is 3.10. The van der Waals surface area contributed by atoms with Gasteiger partial charge in [-0.15, -0.1) is 0 Å². The number of likely N-dealkylation sites (N-methyl/N-ethyl adjacent to an activating group) is 1. The van der Waals surface area contributed by atoms with E-state index in [2.05, 4.69) is 4.98 Å². The Balaban J connectivity index is 2.35. The topological polar surface area (TPSA) is 27.8 Å². The predicted molar refractivity (Wildman–Crippen MR) is 55.9 cm³/mol. The van der Waals surface area contributed by atoms with Crippen LogP contribution in [0.15, 0.2) is 30.5 Å². The van der Waals surface area contributed by atoms with E-state index in [4.69, 9.17) is 4.15 Å². The molecule has 0 aliphatic heterocycles. The highest BCUT2D eigenvalue weighted by Crippen LogP contribution is 2.17. The van der Waals surface area contributed by atoms with Gasteiger partial charge in [0.2, 0.25) is 0 Å². The molecule has 1 aromatic heterocycles. The van der Waals surface area contributed by atoms with Gasteiger partial charge in [0, 0.05) is 19.8 Å². The van der Waals surface area contributed by atoms with E-state index in [0.717, 1.165) is 21.8 Å². The molecule has 2 rings (SSSR count). The average Bonchev–Trinajstić information content (AvgIpc) is 2.61. The van der Waals surface area contributed by atoms with Crippen LogP contribution in [0.3, 0.4) is 0 Å². The molecule has 1 aromatic carbocycles. The second-order valence-corrected chi connectivity index (χ2v) is 2.92. The fraction of sp³-hybridized carbons (Fsp3) is 0.273. The summed E-state index contributed by atoms with van der Waals surface area (Å²) in [5, 5.41) is 1.88. The minimum Gasteiger partial charge on any atom is -0.361 e. The lowest BCUT2D eigenvalue weighted by atomic mass is 10.1. The summed E-state index contributed by atoms with van der Waals surface area (Å²) in [7, 11) is 1.43. The summed E-state index contributed by atoms with van der Waals surface area (Å²) in [5.41, 5.74) is 1.90. The summed E-state index contributed by atoms with van der Waals surface area (Å²) in [5.74, 6) is 0. The van der Waals surface area contributed by atoms with Crippen LogP contribution < -0.4 is 5.31 Å². The number of H-pyrrole nitrogens is 1. The molecule has 0 aliphatic carbocycles. The van der Waals surface area contributed by atoms with Crippen LogP contribution in [-0.4, -0.2) is 18.5 Å². The zero-order valence-electron chi connectivity index (χ0n) is 10.5. The number of hydrogen-bond donors (Lipinski definition) is 2. The Kier molecular flexibility index (Phi) is 1.52. The number of aromatic amines is 1. The van der Waals surface area contributed by atoms with E-state index in [9.17, 15) is 0 Å². The number of fused-ring (bicyclic) bond motifs is 1. The van der Waals surface area contributed by atoms with Crippen LogP contribution in [0, 0.1) is 0 Å². The zero-order chi connectivity index (χ0) is 11.8. The van der Waals surface area contributed by atoms with E-state index < -0.39 is 6.50 Å². The Morgan fingerprint density at radius 1 is 1.54 bits per heavy atom. The van der Waals surface area contributed by atoms with E-state index in [-0.39, 0.29) is 6.42 Å². The third-order valence-corrected chi connectivity index (χ3v) is 2.10. The summed E-state index contributed by atoms with van der Waals surface area (Å²) in [6, 6.07) is 7.79. The van der Waals surface area contributed by atoms with Gasteiger partial charge in [-0.3, -0.25) is 0 Å². The van der Waals surface area contributed by atoms with Crippen LogP contribution in [0.4, 0.5) is 0 Å². The molecule has 0 amide bonds. The van der Waals surface area contributed by atoms with E-state index in [1.54, 1.807) is 0 Å². The molecule has 0 radical (unpaired) electrons. The Bertz CT molecular complexity index is 491. The second kappa shape index (κ2) is 3.62. The van der Waals surface area contributed by atoms with Gasteiger partial charge in [0.15, 0.2) is 0 Å². The SMILES string of the molecule is [2H]N(C)C([2H])([2H])Cc1c[nH]c2ccccc12. The predicted octanol–water partition coefficient (Wildman–Crippen LogP) is 1.93. The number of rotatable bonds is 3. The number of hydrogen-bond acceptors (Lipinski definition) is 1. The first-order valence-corrected chi connectivity index (χ1v) is 4.28. The second-order valence-electron chi connectivity index (χ2n) is 2.92. The largest absolute Gasteiger partial charge is 0.361 e. The molecule has 13 heavy (non-hydrogen) atoms. The number of aromatic nitrogens is 1. The molecule has 2 heteroatoms. The van der Waals surface area contributed by atoms with Crippen molar-refractivity contribution in [3.63, 3.8) is 0 Å². The fourth-order valence-electron chi connectivity index (χ4n) is 1.44. The van der Waals surface area contributed by atoms with Crippen molar-refractivity contribution in [3.05, 3.63) is 36.0 Å². The van der Waals surface area contributed by atoms with Crippen LogP contribution in [0.2, 0.25) is 1.41 Å². The smallest absolute Gasteiger partial charge is 0.122 e. The fourth-order valence-corrected chi connectivity index (χ4v) is 1.44. The average molecular weight is 177 g/mol. The maximum Gasteiger partial charge on any atom is 0.122 e. The number of benzene rings is 1. The maximum atomic E-state index is 7.72. The lowest BCUT2D eigenvalue weighted by Gasteiger charge is -1.97. The molecule has 68 valence electrons. The van der Waals surface area contributed by atoms with Gasteiger partial charge in [-0.05, 0) is 31.6 Å². The standard InChI is InChI=1S/C11H14N2/c1-12-7-6-9-8-13-11-5-3-2-4-10(9)11/h2-5,8,12-13H,6-7H2,1H3/i7D2/hD. The first kappa shape index (κ1) is 5.45. The quantitative estimate of drug-likeness (QED) is 0.736. The number of para-hydroxylation sites is 1. The van der Waals surface area contributed by atoms with E-state index in [1.807, 2.05) is 30.5 Å².